The number of halogens is 1. The van der Waals surface area contributed by atoms with E-state index in [1.165, 1.54) is 6.92 Å². The summed E-state index contributed by atoms with van der Waals surface area (Å²) in [6.45, 7) is 4.30. The number of nitrogens with zero attached hydrogens (tertiary/aromatic N) is 1. The van der Waals surface area contributed by atoms with Crippen LogP contribution in [-0.2, 0) is 17.8 Å². The van der Waals surface area contributed by atoms with Gasteiger partial charge in [-0.15, -0.1) is 0 Å². The molecule has 5 rings (SSSR count). The van der Waals surface area contributed by atoms with Gasteiger partial charge in [-0.3, -0.25) is 9.59 Å². The molecule has 3 aromatic carbocycles. The molecule has 0 aromatic heterocycles. The van der Waals surface area contributed by atoms with Gasteiger partial charge >= 0.3 is 0 Å². The van der Waals surface area contributed by atoms with Crippen molar-refractivity contribution in [2.75, 3.05) is 46.4 Å². The molecule has 2 aliphatic heterocycles. The zero-order valence-electron chi connectivity index (χ0n) is 25.6. The first-order valence-electron chi connectivity index (χ1n) is 15.1. The summed E-state index contributed by atoms with van der Waals surface area (Å²) in [6, 6.07) is 18.3. The number of piperidine rings is 1. The van der Waals surface area contributed by atoms with Crippen molar-refractivity contribution in [2.24, 2.45) is 0 Å². The number of fused-ring (bicyclic) bond motifs is 1. The molecule has 1 fully saturated rings. The molecule has 11 heteroatoms. The lowest BCUT2D eigenvalue weighted by atomic mass is 9.87. The summed E-state index contributed by atoms with van der Waals surface area (Å²) in [5.41, 5.74) is 2.18. The molecule has 240 valence electrons. The van der Waals surface area contributed by atoms with Crippen molar-refractivity contribution < 1.29 is 33.6 Å². The molecule has 2 heterocycles. The van der Waals surface area contributed by atoms with E-state index >= 15 is 0 Å². The van der Waals surface area contributed by atoms with Gasteiger partial charge in [-0.05, 0) is 53.6 Å². The number of ether oxygens (including phenoxy) is 4. The smallest absolute Gasteiger partial charge is 0.255 e. The van der Waals surface area contributed by atoms with E-state index in [9.17, 15) is 14.7 Å². The lowest BCUT2D eigenvalue weighted by Gasteiger charge is -2.39. The van der Waals surface area contributed by atoms with Crippen LogP contribution in [-0.4, -0.2) is 80.0 Å². The molecule has 0 radical (unpaired) electrons. The second kappa shape index (κ2) is 14.9. The minimum absolute atomic E-state index is 0.00378. The highest BCUT2D eigenvalue weighted by Gasteiger charge is 2.42. The van der Waals surface area contributed by atoms with Crippen molar-refractivity contribution in [2.45, 2.75) is 44.5 Å². The molecule has 0 aliphatic carbocycles. The Hall–Kier alpha value is -3.99. The topological polar surface area (TPSA) is 119 Å². The minimum Gasteiger partial charge on any atom is -0.497 e. The second-order valence-electron chi connectivity index (χ2n) is 11.5. The third-order valence-electron chi connectivity index (χ3n) is 8.08. The van der Waals surface area contributed by atoms with E-state index in [4.69, 9.17) is 30.5 Å². The van der Waals surface area contributed by atoms with Crippen molar-refractivity contribution >= 4 is 23.4 Å². The molecule has 1 atom stereocenters. The average molecular weight is 638 g/mol. The quantitative estimate of drug-likeness (QED) is 0.241. The van der Waals surface area contributed by atoms with E-state index < -0.39 is 6.10 Å². The Morgan fingerprint density at radius 3 is 2.47 bits per heavy atom. The number of carbonyl (C=O) groups is 2. The number of aliphatic hydroxyl groups is 1. The summed E-state index contributed by atoms with van der Waals surface area (Å²) < 4.78 is 23.6. The highest BCUT2D eigenvalue weighted by molar-refractivity contribution is 6.30. The average Bonchev–Trinajstić information content (AvgIpc) is 3.39. The number of aliphatic hydroxyl groups excluding tert-OH is 1. The lowest BCUT2D eigenvalue weighted by molar-refractivity contribution is -0.118. The molecule has 3 N–H and O–H groups in total. The molecule has 2 amide bonds. The molecule has 3 aromatic rings. The first-order chi connectivity index (χ1) is 21.7. The van der Waals surface area contributed by atoms with Crippen LogP contribution in [0.4, 0.5) is 0 Å². The van der Waals surface area contributed by atoms with Crippen LogP contribution >= 0.6 is 11.6 Å². The standard InChI is InChI=1S/C34H40ClN3O7/c1-23(39)36-13-14-37-33(41)30-9-8-29(43-21-24-3-6-28(42-2)7-4-24)18-32(30)44-22-27(40)20-38-15-11-34(12-16-38)19-25-17-26(35)5-10-31(25)45-34/h3-10,17-18,27,40H,11-16,19-22H2,1-2H3,(H,36,39)(H,37,41)/t27-/m0/s1. The summed E-state index contributed by atoms with van der Waals surface area (Å²) >= 11 is 6.18. The fourth-order valence-electron chi connectivity index (χ4n) is 5.66. The van der Waals surface area contributed by atoms with E-state index in [0.717, 1.165) is 60.0 Å². The predicted molar refractivity (Wildman–Crippen MR) is 170 cm³/mol. The lowest BCUT2D eigenvalue weighted by Crippen LogP contribution is -2.49. The van der Waals surface area contributed by atoms with Crippen LogP contribution in [0.3, 0.4) is 0 Å². The van der Waals surface area contributed by atoms with Crippen molar-refractivity contribution in [3.63, 3.8) is 0 Å². The Labute approximate surface area is 268 Å². The number of nitrogens with one attached hydrogen (secondary N) is 2. The number of hydrogen-bond donors (Lipinski definition) is 3. The van der Waals surface area contributed by atoms with Gasteiger partial charge in [-0.2, -0.15) is 0 Å². The number of hydrogen-bond acceptors (Lipinski definition) is 8. The maximum Gasteiger partial charge on any atom is 0.255 e. The number of amides is 2. The number of rotatable bonds is 13. The molecule has 45 heavy (non-hydrogen) atoms. The molecule has 2 aliphatic rings. The molecule has 0 bridgehead atoms. The van der Waals surface area contributed by atoms with Crippen LogP contribution in [0.15, 0.2) is 60.7 Å². The molecular formula is C34H40ClN3O7. The number of likely N-dealkylation sites (tertiary alicyclic amines) is 1. The Bertz CT molecular complexity index is 1480. The van der Waals surface area contributed by atoms with Gasteiger partial charge in [0.2, 0.25) is 5.91 Å². The Kier molecular flexibility index (Phi) is 10.7. The highest BCUT2D eigenvalue weighted by atomic mass is 35.5. The largest absolute Gasteiger partial charge is 0.497 e. The predicted octanol–water partition coefficient (Wildman–Crippen LogP) is 4.00. The van der Waals surface area contributed by atoms with Gasteiger partial charge in [-0.25, -0.2) is 0 Å². The summed E-state index contributed by atoms with van der Waals surface area (Å²) in [5.74, 6) is 1.96. The van der Waals surface area contributed by atoms with E-state index in [1.54, 1.807) is 25.3 Å². The first-order valence-corrected chi connectivity index (χ1v) is 15.5. The van der Waals surface area contributed by atoms with Gasteiger partial charge in [0.25, 0.3) is 5.91 Å². The molecule has 0 saturated carbocycles. The van der Waals surface area contributed by atoms with Crippen LogP contribution in [0.2, 0.25) is 5.02 Å². The SMILES string of the molecule is COc1ccc(COc2ccc(C(=O)NCCNC(C)=O)c(OC[C@@H](O)CN3CCC4(CC3)Cc3cc(Cl)ccc3O4)c2)cc1. The normalized spacial score (nSPS) is 15.9. The minimum atomic E-state index is -0.779. The fraction of sp³-hybridized carbons (Fsp3) is 0.412. The first kappa shape index (κ1) is 32.4. The monoisotopic (exact) mass is 637 g/mol. The number of benzene rings is 3. The van der Waals surface area contributed by atoms with Gasteiger partial charge in [0, 0.05) is 70.0 Å². The van der Waals surface area contributed by atoms with Gasteiger partial charge in [0.15, 0.2) is 0 Å². The van der Waals surface area contributed by atoms with Crippen LogP contribution < -0.4 is 29.6 Å². The van der Waals surface area contributed by atoms with Crippen LogP contribution in [0.1, 0.15) is 41.3 Å². The number of β-amino-alcohol motifs (C(OH)–C–C–N with tert-alkyl or cyclic N) is 1. The summed E-state index contributed by atoms with van der Waals surface area (Å²) in [4.78, 5) is 26.4. The summed E-state index contributed by atoms with van der Waals surface area (Å²) in [6.07, 6.45) is 1.76. The Balaban J connectivity index is 1.17. The molecule has 0 unspecified atom stereocenters. The van der Waals surface area contributed by atoms with Crippen LogP contribution in [0, 0.1) is 0 Å². The maximum absolute atomic E-state index is 13.0. The van der Waals surface area contributed by atoms with Crippen LogP contribution in [0.25, 0.3) is 0 Å². The summed E-state index contributed by atoms with van der Waals surface area (Å²) in [7, 11) is 1.62. The molecule has 1 spiro atoms. The Morgan fingerprint density at radius 1 is 1.00 bits per heavy atom. The Morgan fingerprint density at radius 2 is 1.73 bits per heavy atom. The zero-order chi connectivity index (χ0) is 31.8. The van der Waals surface area contributed by atoms with E-state index in [-0.39, 0.29) is 30.6 Å². The van der Waals surface area contributed by atoms with Gasteiger partial charge < -0.3 is 39.6 Å². The number of carbonyl (C=O) groups excluding carboxylic acids is 2. The van der Waals surface area contributed by atoms with Gasteiger partial charge in [0.1, 0.15) is 47.9 Å². The van der Waals surface area contributed by atoms with E-state index in [1.807, 2.05) is 42.5 Å². The number of methoxy groups -OCH3 is 1. The van der Waals surface area contributed by atoms with Crippen molar-refractivity contribution in [3.05, 3.63) is 82.4 Å². The van der Waals surface area contributed by atoms with Crippen molar-refractivity contribution in [3.8, 4) is 23.0 Å². The summed E-state index contributed by atoms with van der Waals surface area (Å²) in [5, 5.41) is 17.1. The molecule has 10 nitrogen and oxygen atoms in total. The maximum atomic E-state index is 13.0. The third-order valence-corrected chi connectivity index (χ3v) is 8.31. The van der Waals surface area contributed by atoms with Crippen molar-refractivity contribution in [1.29, 1.82) is 0 Å². The van der Waals surface area contributed by atoms with Gasteiger partial charge in [-0.1, -0.05) is 23.7 Å². The third kappa shape index (κ3) is 8.81. The van der Waals surface area contributed by atoms with Gasteiger partial charge in [0.05, 0.1) is 12.7 Å². The van der Waals surface area contributed by atoms with E-state index in [0.29, 0.717) is 36.8 Å². The molecular weight excluding hydrogens is 598 g/mol. The van der Waals surface area contributed by atoms with Crippen molar-refractivity contribution in [1.82, 2.24) is 15.5 Å². The molecule has 1 saturated heterocycles. The zero-order valence-corrected chi connectivity index (χ0v) is 26.4. The van der Waals surface area contributed by atoms with E-state index in [2.05, 4.69) is 15.5 Å². The fourth-order valence-corrected chi connectivity index (χ4v) is 5.85. The van der Waals surface area contributed by atoms with Crippen LogP contribution in [0.5, 0.6) is 23.0 Å². The second-order valence-corrected chi connectivity index (χ2v) is 11.9. The highest BCUT2D eigenvalue weighted by Crippen LogP contribution is 2.42.